The van der Waals surface area contributed by atoms with Gasteiger partial charge in [0.1, 0.15) is 0 Å². The number of rotatable bonds is 5. The molecule has 0 saturated carbocycles. The molecule has 0 bridgehead atoms. The SMILES string of the molecule is Cl.NCC(OCc1ccc(Cl)cc1)c1ccc(Cl)cc1Cl. The Morgan fingerprint density at radius 1 is 0.952 bits per heavy atom. The van der Waals surface area contributed by atoms with Crippen LogP contribution in [0.4, 0.5) is 0 Å². The van der Waals surface area contributed by atoms with Gasteiger partial charge in [-0.25, -0.2) is 0 Å². The standard InChI is InChI=1S/C15H14Cl3NO.ClH/c16-11-3-1-10(2-4-11)9-20-15(8-19)13-6-5-12(17)7-14(13)18;/h1-7,15H,8-9,19H2;1H. The fourth-order valence-electron chi connectivity index (χ4n) is 1.82. The number of hydrogen-bond donors (Lipinski definition) is 1. The Bertz CT molecular complexity index is 574. The highest BCUT2D eigenvalue weighted by Gasteiger charge is 2.14. The minimum Gasteiger partial charge on any atom is -0.367 e. The lowest BCUT2D eigenvalue weighted by Gasteiger charge is -2.18. The molecule has 0 saturated heterocycles. The van der Waals surface area contributed by atoms with Gasteiger partial charge in [0.25, 0.3) is 0 Å². The van der Waals surface area contributed by atoms with Gasteiger partial charge in [-0.05, 0) is 29.8 Å². The smallest absolute Gasteiger partial charge is 0.0965 e. The van der Waals surface area contributed by atoms with Crippen LogP contribution in [0.2, 0.25) is 15.1 Å². The largest absolute Gasteiger partial charge is 0.367 e. The first-order chi connectivity index (χ1) is 9.60. The van der Waals surface area contributed by atoms with Crippen molar-refractivity contribution >= 4 is 47.2 Å². The van der Waals surface area contributed by atoms with Crippen molar-refractivity contribution in [3.63, 3.8) is 0 Å². The van der Waals surface area contributed by atoms with Crippen molar-refractivity contribution in [2.45, 2.75) is 12.7 Å². The lowest BCUT2D eigenvalue weighted by molar-refractivity contribution is 0.0457. The molecule has 1 atom stereocenters. The molecule has 2 aromatic carbocycles. The Balaban J connectivity index is 0.00000220. The van der Waals surface area contributed by atoms with Crippen LogP contribution in [0.15, 0.2) is 42.5 Å². The van der Waals surface area contributed by atoms with Crippen LogP contribution in [-0.2, 0) is 11.3 Å². The Labute approximate surface area is 145 Å². The number of ether oxygens (including phenoxy) is 1. The summed E-state index contributed by atoms with van der Waals surface area (Å²) in [5, 5.41) is 1.85. The van der Waals surface area contributed by atoms with Gasteiger partial charge in [-0.15, -0.1) is 12.4 Å². The Kier molecular flexibility index (Phi) is 7.82. The van der Waals surface area contributed by atoms with E-state index in [0.29, 0.717) is 28.2 Å². The van der Waals surface area contributed by atoms with Crippen LogP contribution in [-0.4, -0.2) is 6.54 Å². The van der Waals surface area contributed by atoms with E-state index in [1.54, 1.807) is 12.1 Å². The van der Waals surface area contributed by atoms with Crippen LogP contribution >= 0.6 is 47.2 Å². The molecule has 0 aliphatic carbocycles. The van der Waals surface area contributed by atoms with E-state index in [9.17, 15) is 0 Å². The molecular formula is C15H15Cl4NO. The normalized spacial score (nSPS) is 11.8. The molecule has 21 heavy (non-hydrogen) atoms. The summed E-state index contributed by atoms with van der Waals surface area (Å²) in [7, 11) is 0. The van der Waals surface area contributed by atoms with Crippen molar-refractivity contribution in [3.05, 3.63) is 68.7 Å². The fourth-order valence-corrected chi connectivity index (χ4v) is 2.48. The molecule has 2 rings (SSSR count). The highest BCUT2D eigenvalue weighted by atomic mass is 35.5. The van der Waals surface area contributed by atoms with E-state index >= 15 is 0 Å². The van der Waals surface area contributed by atoms with Gasteiger partial charge in [0.2, 0.25) is 0 Å². The molecule has 0 heterocycles. The number of benzene rings is 2. The van der Waals surface area contributed by atoms with Crippen molar-refractivity contribution < 1.29 is 4.74 Å². The van der Waals surface area contributed by atoms with Gasteiger partial charge < -0.3 is 10.5 Å². The lowest BCUT2D eigenvalue weighted by atomic mass is 10.1. The second-order valence-corrected chi connectivity index (χ2v) is 5.61. The van der Waals surface area contributed by atoms with Gasteiger partial charge in [-0.1, -0.05) is 53.0 Å². The van der Waals surface area contributed by atoms with Gasteiger partial charge in [0.05, 0.1) is 12.7 Å². The molecule has 6 heteroatoms. The topological polar surface area (TPSA) is 35.2 Å². The van der Waals surface area contributed by atoms with Crippen LogP contribution in [0.1, 0.15) is 17.2 Å². The van der Waals surface area contributed by atoms with Crippen molar-refractivity contribution in [1.29, 1.82) is 0 Å². The maximum atomic E-state index is 6.17. The van der Waals surface area contributed by atoms with E-state index in [1.807, 2.05) is 30.3 Å². The first-order valence-electron chi connectivity index (χ1n) is 6.11. The summed E-state index contributed by atoms with van der Waals surface area (Å²) < 4.78 is 5.83. The van der Waals surface area contributed by atoms with Gasteiger partial charge >= 0.3 is 0 Å². The summed E-state index contributed by atoms with van der Waals surface area (Å²) >= 11 is 17.9. The second kappa shape index (κ2) is 8.84. The molecule has 0 aliphatic rings. The van der Waals surface area contributed by atoms with Crippen LogP contribution in [0.5, 0.6) is 0 Å². The minimum absolute atomic E-state index is 0. The second-order valence-electron chi connectivity index (χ2n) is 4.33. The summed E-state index contributed by atoms with van der Waals surface area (Å²) in [6.07, 6.45) is -0.268. The number of nitrogens with two attached hydrogens (primary N) is 1. The van der Waals surface area contributed by atoms with Crippen LogP contribution in [0.3, 0.4) is 0 Å². The van der Waals surface area contributed by atoms with E-state index in [4.69, 9.17) is 45.3 Å². The monoisotopic (exact) mass is 365 g/mol. The molecule has 2 N–H and O–H groups in total. The lowest BCUT2D eigenvalue weighted by Crippen LogP contribution is -2.16. The third kappa shape index (κ3) is 5.33. The van der Waals surface area contributed by atoms with Crippen LogP contribution in [0, 0.1) is 0 Å². The highest BCUT2D eigenvalue weighted by molar-refractivity contribution is 6.35. The van der Waals surface area contributed by atoms with Crippen molar-refractivity contribution in [2.75, 3.05) is 6.54 Å². The van der Waals surface area contributed by atoms with E-state index < -0.39 is 0 Å². The van der Waals surface area contributed by atoms with E-state index in [1.165, 1.54) is 0 Å². The number of hydrogen-bond acceptors (Lipinski definition) is 2. The predicted octanol–water partition coefficient (Wildman–Crippen LogP) is 5.29. The maximum Gasteiger partial charge on any atom is 0.0965 e. The Morgan fingerprint density at radius 2 is 1.57 bits per heavy atom. The van der Waals surface area contributed by atoms with Gasteiger partial charge in [0.15, 0.2) is 0 Å². The minimum atomic E-state index is -0.268. The van der Waals surface area contributed by atoms with Crippen molar-refractivity contribution in [1.82, 2.24) is 0 Å². The van der Waals surface area contributed by atoms with E-state index in [0.717, 1.165) is 11.1 Å². The molecule has 0 aromatic heterocycles. The van der Waals surface area contributed by atoms with Crippen molar-refractivity contribution in [2.24, 2.45) is 5.73 Å². The molecular weight excluding hydrogens is 352 g/mol. The average molecular weight is 367 g/mol. The Morgan fingerprint density at radius 3 is 2.14 bits per heavy atom. The molecule has 114 valence electrons. The fraction of sp³-hybridized carbons (Fsp3) is 0.200. The van der Waals surface area contributed by atoms with E-state index in [2.05, 4.69) is 0 Å². The maximum absolute atomic E-state index is 6.17. The zero-order chi connectivity index (χ0) is 14.5. The van der Waals surface area contributed by atoms with Crippen LogP contribution in [0.25, 0.3) is 0 Å². The molecule has 2 aromatic rings. The Hall–Kier alpha value is -0.480. The van der Waals surface area contributed by atoms with Crippen molar-refractivity contribution in [3.8, 4) is 0 Å². The molecule has 0 aliphatic heterocycles. The average Bonchev–Trinajstić information content (AvgIpc) is 2.43. The summed E-state index contributed by atoms with van der Waals surface area (Å²) in [5.74, 6) is 0. The summed E-state index contributed by atoms with van der Waals surface area (Å²) in [5.41, 5.74) is 7.63. The number of halogens is 4. The predicted molar refractivity (Wildman–Crippen MR) is 91.7 cm³/mol. The van der Waals surface area contributed by atoms with Gasteiger partial charge in [-0.3, -0.25) is 0 Å². The zero-order valence-electron chi connectivity index (χ0n) is 11.1. The first kappa shape index (κ1) is 18.6. The molecule has 0 fully saturated rings. The third-order valence-corrected chi connectivity index (χ3v) is 3.70. The molecule has 0 spiro atoms. The first-order valence-corrected chi connectivity index (χ1v) is 7.24. The van der Waals surface area contributed by atoms with Gasteiger partial charge in [-0.2, -0.15) is 0 Å². The van der Waals surface area contributed by atoms with E-state index in [-0.39, 0.29) is 18.5 Å². The van der Waals surface area contributed by atoms with Crippen LogP contribution < -0.4 is 5.73 Å². The summed E-state index contributed by atoms with van der Waals surface area (Å²) in [6.45, 7) is 0.785. The molecule has 0 amide bonds. The molecule has 0 radical (unpaired) electrons. The zero-order valence-corrected chi connectivity index (χ0v) is 14.1. The summed E-state index contributed by atoms with van der Waals surface area (Å²) in [4.78, 5) is 0. The molecule has 2 nitrogen and oxygen atoms in total. The quantitative estimate of drug-likeness (QED) is 0.780. The summed E-state index contributed by atoms with van der Waals surface area (Å²) in [6, 6.07) is 12.8. The van der Waals surface area contributed by atoms with Gasteiger partial charge in [0, 0.05) is 27.2 Å². The third-order valence-electron chi connectivity index (χ3n) is 2.89. The molecule has 1 unspecified atom stereocenters. The highest BCUT2D eigenvalue weighted by Crippen LogP contribution is 2.28.